The molecule has 2 heterocycles. The number of carbonyl (C=O) groups is 1. The van der Waals surface area contributed by atoms with E-state index in [1.807, 2.05) is 0 Å². The Morgan fingerprint density at radius 3 is 2.80 bits per heavy atom. The molecule has 0 aromatic heterocycles. The fraction of sp³-hybridized carbons (Fsp3) is 0.889. The molecule has 1 saturated carbocycles. The van der Waals surface area contributed by atoms with E-state index < -0.39 is 0 Å². The van der Waals surface area contributed by atoms with Gasteiger partial charge in [-0.2, -0.15) is 0 Å². The highest BCUT2D eigenvalue weighted by atomic mass is 127. The Balaban J connectivity index is 0.00000225. The molecule has 3 rings (SSSR count). The Morgan fingerprint density at radius 2 is 2.24 bits per heavy atom. The zero-order valence-electron chi connectivity index (χ0n) is 15.9. The average Bonchev–Trinajstić information content (AvgIpc) is 3.31. The Bertz CT molecular complexity index is 492. The van der Waals surface area contributed by atoms with Crippen molar-refractivity contribution in [1.29, 1.82) is 0 Å². The summed E-state index contributed by atoms with van der Waals surface area (Å²) in [6, 6.07) is 0.548. The summed E-state index contributed by atoms with van der Waals surface area (Å²) in [5, 5.41) is 6.50. The van der Waals surface area contributed by atoms with E-state index in [4.69, 9.17) is 4.99 Å². The second-order valence-corrected chi connectivity index (χ2v) is 8.04. The van der Waals surface area contributed by atoms with Crippen molar-refractivity contribution in [2.75, 3.05) is 46.8 Å². The number of likely N-dealkylation sites (tertiary alicyclic amines) is 1. The van der Waals surface area contributed by atoms with Gasteiger partial charge in [0, 0.05) is 44.1 Å². The summed E-state index contributed by atoms with van der Waals surface area (Å²) < 4.78 is 0. The SMILES string of the molecule is CCNC(=NCC(C1CC1)N(C)C)N1CCCC2(CNC(=O)C2)C1.I. The molecule has 1 amide bonds. The molecule has 0 radical (unpaired) electrons. The van der Waals surface area contributed by atoms with E-state index in [0.29, 0.717) is 12.5 Å². The van der Waals surface area contributed by atoms with Crippen molar-refractivity contribution < 1.29 is 4.79 Å². The van der Waals surface area contributed by atoms with Crippen LogP contribution in [0.4, 0.5) is 0 Å². The summed E-state index contributed by atoms with van der Waals surface area (Å²) in [5.41, 5.74) is 0.114. The van der Waals surface area contributed by atoms with Crippen LogP contribution in [0.3, 0.4) is 0 Å². The number of carbonyl (C=O) groups excluding carboxylic acids is 1. The van der Waals surface area contributed by atoms with Crippen molar-refractivity contribution in [3.05, 3.63) is 0 Å². The Labute approximate surface area is 169 Å². The predicted molar refractivity (Wildman–Crippen MR) is 112 cm³/mol. The highest BCUT2D eigenvalue weighted by molar-refractivity contribution is 14.0. The van der Waals surface area contributed by atoms with Crippen LogP contribution in [0.2, 0.25) is 0 Å². The largest absolute Gasteiger partial charge is 0.357 e. The first-order chi connectivity index (χ1) is 11.5. The Morgan fingerprint density at radius 1 is 1.48 bits per heavy atom. The molecule has 1 aliphatic carbocycles. The van der Waals surface area contributed by atoms with Gasteiger partial charge in [-0.05, 0) is 52.6 Å². The van der Waals surface area contributed by atoms with Crippen LogP contribution in [-0.2, 0) is 4.79 Å². The molecule has 2 saturated heterocycles. The zero-order chi connectivity index (χ0) is 17.2. The third-order valence-corrected chi connectivity index (χ3v) is 5.75. The molecular formula is C18H34IN5O. The van der Waals surface area contributed by atoms with E-state index in [9.17, 15) is 4.79 Å². The van der Waals surface area contributed by atoms with Crippen molar-refractivity contribution in [2.45, 2.75) is 45.1 Å². The molecule has 0 aromatic rings. The number of aliphatic imine (C=N–C) groups is 1. The zero-order valence-corrected chi connectivity index (χ0v) is 18.2. The topological polar surface area (TPSA) is 60.0 Å². The van der Waals surface area contributed by atoms with Gasteiger partial charge in [0.25, 0.3) is 0 Å². The Kier molecular flexibility index (Phi) is 7.37. The van der Waals surface area contributed by atoms with Crippen molar-refractivity contribution in [3.8, 4) is 0 Å². The number of rotatable bonds is 5. The highest BCUT2D eigenvalue weighted by Crippen LogP contribution is 2.36. The summed E-state index contributed by atoms with van der Waals surface area (Å²) >= 11 is 0. The number of hydrogen-bond acceptors (Lipinski definition) is 3. The van der Waals surface area contributed by atoms with Gasteiger partial charge in [-0.15, -0.1) is 24.0 Å². The maximum absolute atomic E-state index is 11.7. The summed E-state index contributed by atoms with van der Waals surface area (Å²) in [5.74, 6) is 2.06. The predicted octanol–water partition coefficient (Wildman–Crippen LogP) is 1.51. The van der Waals surface area contributed by atoms with Gasteiger partial charge in [-0.3, -0.25) is 9.79 Å². The molecule has 2 N–H and O–H groups in total. The van der Waals surface area contributed by atoms with Gasteiger partial charge in [-0.25, -0.2) is 0 Å². The van der Waals surface area contributed by atoms with Gasteiger partial charge >= 0.3 is 0 Å². The number of nitrogens with one attached hydrogen (secondary N) is 2. The number of guanidine groups is 1. The van der Waals surface area contributed by atoms with E-state index in [-0.39, 0.29) is 35.3 Å². The van der Waals surface area contributed by atoms with Gasteiger partial charge in [0.2, 0.25) is 5.91 Å². The van der Waals surface area contributed by atoms with Crippen LogP contribution in [0.15, 0.2) is 4.99 Å². The molecule has 6 nitrogen and oxygen atoms in total. The van der Waals surface area contributed by atoms with Gasteiger partial charge in [0.15, 0.2) is 5.96 Å². The molecular weight excluding hydrogens is 429 g/mol. The number of likely N-dealkylation sites (N-methyl/N-ethyl adjacent to an activating group) is 1. The first kappa shape index (κ1) is 20.7. The second-order valence-electron chi connectivity index (χ2n) is 8.04. The number of hydrogen-bond donors (Lipinski definition) is 2. The lowest BCUT2D eigenvalue weighted by molar-refractivity contribution is -0.119. The van der Waals surface area contributed by atoms with Crippen LogP contribution in [0.1, 0.15) is 39.0 Å². The highest BCUT2D eigenvalue weighted by Gasteiger charge is 2.42. The lowest BCUT2D eigenvalue weighted by Gasteiger charge is -2.41. The van der Waals surface area contributed by atoms with E-state index in [2.05, 4.69) is 41.5 Å². The summed E-state index contributed by atoms with van der Waals surface area (Å²) in [6.07, 6.45) is 5.64. The lowest BCUT2D eigenvalue weighted by atomic mass is 9.79. The molecule has 0 bridgehead atoms. The van der Waals surface area contributed by atoms with Gasteiger partial charge in [0.05, 0.1) is 6.54 Å². The Hall–Kier alpha value is -0.570. The van der Waals surface area contributed by atoms with Crippen LogP contribution in [0.25, 0.3) is 0 Å². The molecule has 3 aliphatic rings. The van der Waals surface area contributed by atoms with Crippen molar-refractivity contribution >= 4 is 35.8 Å². The molecule has 1 spiro atoms. The standard InChI is InChI=1S/C18H33N5O.HI/c1-4-19-17(20-11-15(22(2)3)14-6-7-14)23-9-5-8-18(13-23)10-16(24)21-12-18;/h14-15H,4-13H2,1-3H3,(H,19,20)(H,21,24);1H. The van der Waals surface area contributed by atoms with Crippen LogP contribution in [0.5, 0.6) is 0 Å². The molecule has 0 aromatic carbocycles. The fourth-order valence-electron chi connectivity index (χ4n) is 4.25. The van der Waals surface area contributed by atoms with Crippen LogP contribution in [-0.4, -0.2) is 74.5 Å². The van der Waals surface area contributed by atoms with Crippen LogP contribution in [0, 0.1) is 11.3 Å². The molecule has 2 aliphatic heterocycles. The van der Waals surface area contributed by atoms with E-state index in [0.717, 1.165) is 57.4 Å². The molecule has 3 fully saturated rings. The number of amides is 1. The number of piperidine rings is 1. The minimum Gasteiger partial charge on any atom is -0.357 e. The maximum Gasteiger partial charge on any atom is 0.220 e. The second kappa shape index (κ2) is 8.88. The molecule has 25 heavy (non-hydrogen) atoms. The summed E-state index contributed by atoms with van der Waals surface area (Å²) in [7, 11) is 4.33. The normalized spacial score (nSPS) is 28.1. The third kappa shape index (κ3) is 5.21. The van der Waals surface area contributed by atoms with E-state index in [1.165, 1.54) is 12.8 Å². The fourth-order valence-corrected chi connectivity index (χ4v) is 4.25. The van der Waals surface area contributed by atoms with Crippen molar-refractivity contribution in [1.82, 2.24) is 20.4 Å². The van der Waals surface area contributed by atoms with Crippen LogP contribution >= 0.6 is 24.0 Å². The minimum atomic E-state index is 0. The van der Waals surface area contributed by atoms with Gasteiger partial charge < -0.3 is 20.4 Å². The first-order valence-electron chi connectivity index (χ1n) is 9.49. The summed E-state index contributed by atoms with van der Waals surface area (Å²) in [6.45, 7) is 6.67. The van der Waals surface area contributed by atoms with E-state index >= 15 is 0 Å². The van der Waals surface area contributed by atoms with Crippen LogP contribution < -0.4 is 10.6 Å². The number of halogens is 1. The molecule has 144 valence electrons. The first-order valence-corrected chi connectivity index (χ1v) is 9.49. The quantitative estimate of drug-likeness (QED) is 0.369. The van der Waals surface area contributed by atoms with Gasteiger partial charge in [0.1, 0.15) is 0 Å². The maximum atomic E-state index is 11.7. The average molecular weight is 463 g/mol. The smallest absolute Gasteiger partial charge is 0.220 e. The summed E-state index contributed by atoms with van der Waals surface area (Å²) in [4.78, 5) is 21.4. The third-order valence-electron chi connectivity index (χ3n) is 5.75. The molecule has 7 heteroatoms. The lowest BCUT2D eigenvalue weighted by Crippen LogP contribution is -2.51. The van der Waals surface area contributed by atoms with Crippen molar-refractivity contribution in [2.24, 2.45) is 16.3 Å². The van der Waals surface area contributed by atoms with E-state index in [1.54, 1.807) is 0 Å². The van der Waals surface area contributed by atoms with Crippen molar-refractivity contribution in [3.63, 3.8) is 0 Å². The van der Waals surface area contributed by atoms with Gasteiger partial charge in [-0.1, -0.05) is 0 Å². The monoisotopic (exact) mass is 463 g/mol. The molecule has 2 atom stereocenters. The molecule has 2 unspecified atom stereocenters. The number of nitrogens with zero attached hydrogens (tertiary/aromatic N) is 3. The minimum absolute atomic E-state index is 0.